The van der Waals surface area contributed by atoms with Gasteiger partial charge in [0.05, 0.1) is 6.26 Å². The molecule has 3 rings (SSSR count). The topological polar surface area (TPSA) is 69.4 Å². The Morgan fingerprint density at radius 1 is 1.22 bits per heavy atom. The van der Waals surface area contributed by atoms with Crippen molar-refractivity contribution >= 4 is 22.8 Å². The fourth-order valence-electron chi connectivity index (χ4n) is 2.61. The maximum absolute atomic E-state index is 13.0. The lowest BCUT2D eigenvalue weighted by atomic mass is 10.0. The van der Waals surface area contributed by atoms with Crippen molar-refractivity contribution in [3.8, 4) is 5.75 Å². The maximum atomic E-state index is 13.0. The molecule has 0 fully saturated rings. The summed E-state index contributed by atoms with van der Waals surface area (Å²) in [5.41, 5.74) is 2.39. The van der Waals surface area contributed by atoms with E-state index in [1.165, 1.54) is 12.1 Å². The van der Waals surface area contributed by atoms with Gasteiger partial charge in [0, 0.05) is 23.8 Å². The first-order valence-corrected chi connectivity index (χ1v) is 8.45. The molecule has 136 valence electrons. The van der Waals surface area contributed by atoms with Gasteiger partial charge in [-0.25, -0.2) is 4.79 Å². The van der Waals surface area contributed by atoms with Crippen LogP contribution in [0.15, 0.2) is 69.8 Å². The van der Waals surface area contributed by atoms with Crippen LogP contribution in [0.4, 0.5) is 0 Å². The minimum Gasteiger partial charge on any atom is -0.464 e. The number of pyridine rings is 1. The smallest absolute Gasteiger partial charge is 0.336 e. The summed E-state index contributed by atoms with van der Waals surface area (Å²) in [6, 6.07) is 8.51. The Bertz CT molecular complexity index is 1100. The number of carbonyl (C=O) groups excluding carboxylic acids is 1. The van der Waals surface area contributed by atoms with Crippen LogP contribution in [0.2, 0.25) is 0 Å². The lowest BCUT2D eigenvalue weighted by Gasteiger charge is -2.10. The first-order valence-electron chi connectivity index (χ1n) is 8.45. The number of hydrogen-bond acceptors (Lipinski definition) is 5. The van der Waals surface area contributed by atoms with E-state index in [1.54, 1.807) is 49.9 Å². The highest BCUT2D eigenvalue weighted by atomic mass is 16.5. The summed E-state index contributed by atoms with van der Waals surface area (Å²) in [5, 5.41) is 0.692. The number of benzene rings is 1. The average Bonchev–Trinajstić information content (AvgIpc) is 2.64. The fraction of sp³-hybridized carbons (Fsp3) is 0.136. The molecule has 0 aliphatic carbocycles. The zero-order valence-electron chi connectivity index (χ0n) is 15.4. The number of ketones is 1. The Hall–Kier alpha value is -3.47. The minimum atomic E-state index is -0.510. The van der Waals surface area contributed by atoms with Crippen LogP contribution in [0.3, 0.4) is 0 Å². The van der Waals surface area contributed by atoms with E-state index in [1.807, 2.05) is 19.9 Å². The molecule has 0 bridgehead atoms. The van der Waals surface area contributed by atoms with E-state index >= 15 is 0 Å². The van der Waals surface area contributed by atoms with Gasteiger partial charge in [0.15, 0.2) is 11.4 Å². The summed E-state index contributed by atoms with van der Waals surface area (Å²) in [4.78, 5) is 28.8. The van der Waals surface area contributed by atoms with E-state index in [0.717, 1.165) is 16.7 Å². The third-order valence-electron chi connectivity index (χ3n) is 3.86. The number of fused-ring (bicyclic) bond motifs is 1. The molecule has 0 unspecified atom stereocenters. The zero-order valence-corrected chi connectivity index (χ0v) is 15.4. The number of nitrogens with zero attached hydrogens (tertiary/aromatic N) is 1. The summed E-state index contributed by atoms with van der Waals surface area (Å²) in [7, 11) is 0. The molecular weight excluding hydrogens is 342 g/mol. The molecule has 27 heavy (non-hydrogen) atoms. The molecule has 5 heteroatoms. The SMILES string of the molecule is CC(C)=COc1ccc2c(C)cc(=O)oc2c1C(=O)C=Cc1cccnc1. The second-order valence-corrected chi connectivity index (χ2v) is 6.36. The van der Waals surface area contributed by atoms with E-state index in [9.17, 15) is 9.59 Å². The molecule has 2 heterocycles. The normalized spacial score (nSPS) is 10.9. The van der Waals surface area contributed by atoms with Gasteiger partial charge < -0.3 is 9.15 Å². The summed E-state index contributed by atoms with van der Waals surface area (Å²) in [6.45, 7) is 5.57. The minimum absolute atomic E-state index is 0.214. The number of ether oxygens (including phenoxy) is 1. The molecule has 0 spiro atoms. The summed E-state index contributed by atoms with van der Waals surface area (Å²) in [5.74, 6) is 0.00801. The molecule has 0 N–H and O–H groups in total. The monoisotopic (exact) mass is 361 g/mol. The largest absolute Gasteiger partial charge is 0.464 e. The molecule has 5 nitrogen and oxygen atoms in total. The highest BCUT2D eigenvalue weighted by Gasteiger charge is 2.18. The van der Waals surface area contributed by atoms with Gasteiger partial charge >= 0.3 is 5.63 Å². The Balaban J connectivity index is 2.16. The Morgan fingerprint density at radius 3 is 2.74 bits per heavy atom. The molecule has 0 aliphatic heterocycles. The zero-order chi connectivity index (χ0) is 19.4. The second kappa shape index (κ2) is 7.83. The predicted octanol–water partition coefficient (Wildman–Crippen LogP) is 4.70. The Kier molecular flexibility index (Phi) is 5.31. The van der Waals surface area contributed by atoms with Crippen LogP contribution >= 0.6 is 0 Å². The van der Waals surface area contributed by atoms with Crippen LogP contribution in [-0.2, 0) is 0 Å². The van der Waals surface area contributed by atoms with Gasteiger partial charge in [-0.15, -0.1) is 0 Å². The van der Waals surface area contributed by atoms with Crippen molar-refractivity contribution in [1.82, 2.24) is 4.98 Å². The van der Waals surface area contributed by atoms with Crippen molar-refractivity contribution in [2.45, 2.75) is 20.8 Å². The number of aryl methyl sites for hydroxylation is 1. The second-order valence-electron chi connectivity index (χ2n) is 6.36. The van der Waals surface area contributed by atoms with Crippen LogP contribution < -0.4 is 10.4 Å². The number of aromatic nitrogens is 1. The van der Waals surface area contributed by atoms with Crippen LogP contribution in [0, 0.1) is 6.92 Å². The number of hydrogen-bond donors (Lipinski definition) is 0. The van der Waals surface area contributed by atoms with Crippen molar-refractivity contribution in [2.75, 3.05) is 0 Å². The summed E-state index contributed by atoms with van der Waals surface area (Å²) >= 11 is 0. The van der Waals surface area contributed by atoms with Gasteiger partial charge in [-0.3, -0.25) is 9.78 Å². The first kappa shape index (κ1) is 18.3. The van der Waals surface area contributed by atoms with E-state index in [4.69, 9.17) is 9.15 Å². The number of carbonyl (C=O) groups is 1. The first-order chi connectivity index (χ1) is 13.0. The lowest BCUT2D eigenvalue weighted by Crippen LogP contribution is -2.05. The molecular formula is C22H19NO4. The van der Waals surface area contributed by atoms with E-state index in [-0.39, 0.29) is 16.9 Å². The van der Waals surface area contributed by atoms with Crippen molar-refractivity contribution in [1.29, 1.82) is 0 Å². The molecule has 3 aromatic rings. The lowest BCUT2D eigenvalue weighted by molar-refractivity contribution is 0.104. The highest BCUT2D eigenvalue weighted by Crippen LogP contribution is 2.30. The van der Waals surface area contributed by atoms with E-state index in [0.29, 0.717) is 11.1 Å². The molecule has 0 amide bonds. The number of rotatable bonds is 5. The van der Waals surface area contributed by atoms with Crippen LogP contribution in [0.25, 0.3) is 17.0 Å². The van der Waals surface area contributed by atoms with Gasteiger partial charge in [0.25, 0.3) is 0 Å². The third kappa shape index (κ3) is 4.20. The van der Waals surface area contributed by atoms with Gasteiger partial charge in [-0.2, -0.15) is 0 Å². The van der Waals surface area contributed by atoms with Crippen LogP contribution in [0.1, 0.15) is 35.3 Å². The Labute approximate surface area is 156 Å². The van der Waals surface area contributed by atoms with E-state index < -0.39 is 5.63 Å². The summed E-state index contributed by atoms with van der Waals surface area (Å²) in [6.07, 6.45) is 7.94. The van der Waals surface area contributed by atoms with Crippen LogP contribution in [-0.4, -0.2) is 10.8 Å². The molecule has 2 aromatic heterocycles. The fourth-order valence-corrected chi connectivity index (χ4v) is 2.61. The third-order valence-corrected chi connectivity index (χ3v) is 3.86. The molecule has 1 aromatic carbocycles. The molecule has 0 atom stereocenters. The van der Waals surface area contributed by atoms with Crippen molar-refractivity contribution in [3.63, 3.8) is 0 Å². The number of allylic oxidation sites excluding steroid dienone is 2. The van der Waals surface area contributed by atoms with E-state index in [2.05, 4.69) is 4.98 Å². The predicted molar refractivity (Wildman–Crippen MR) is 105 cm³/mol. The van der Waals surface area contributed by atoms with Crippen LogP contribution in [0.5, 0.6) is 5.75 Å². The van der Waals surface area contributed by atoms with Gasteiger partial charge in [0.2, 0.25) is 0 Å². The van der Waals surface area contributed by atoms with Gasteiger partial charge in [0.1, 0.15) is 11.3 Å². The molecule has 0 saturated heterocycles. The van der Waals surface area contributed by atoms with Gasteiger partial charge in [-0.1, -0.05) is 6.07 Å². The van der Waals surface area contributed by atoms with Crippen molar-refractivity contribution in [3.05, 3.63) is 87.7 Å². The molecule has 0 saturated carbocycles. The molecule has 0 radical (unpaired) electrons. The van der Waals surface area contributed by atoms with Crippen molar-refractivity contribution in [2.24, 2.45) is 0 Å². The van der Waals surface area contributed by atoms with Gasteiger partial charge in [-0.05, 0) is 67.8 Å². The quantitative estimate of drug-likeness (QED) is 0.285. The Morgan fingerprint density at radius 2 is 2.04 bits per heavy atom. The maximum Gasteiger partial charge on any atom is 0.336 e. The highest BCUT2D eigenvalue weighted by molar-refractivity contribution is 6.15. The standard InChI is InChI=1S/C22H19NO4/c1-14(2)13-26-19-9-7-17-15(3)11-20(25)27-22(17)21(19)18(24)8-6-16-5-4-10-23-12-16/h4-13H,1-3H3. The average molecular weight is 361 g/mol. The van der Waals surface area contributed by atoms with Crippen molar-refractivity contribution < 1.29 is 13.9 Å². The summed E-state index contributed by atoms with van der Waals surface area (Å²) < 4.78 is 11.0. The molecule has 0 aliphatic rings.